The summed E-state index contributed by atoms with van der Waals surface area (Å²) in [7, 11) is 0. The van der Waals surface area contributed by atoms with Gasteiger partial charge in [0.05, 0.1) is 16.3 Å². The average molecular weight is 333 g/mol. The zero-order chi connectivity index (χ0) is 13.3. The van der Waals surface area contributed by atoms with Crippen LogP contribution in [0.15, 0.2) is 16.6 Å². The Labute approximate surface area is 119 Å². The number of benzene rings is 1. The highest BCUT2D eigenvalue weighted by atomic mass is 79.9. The Morgan fingerprint density at radius 3 is 2.61 bits per heavy atom. The normalized spacial score (nSPS) is 16.9. The highest BCUT2D eigenvalue weighted by molar-refractivity contribution is 9.10. The Kier molecular flexibility index (Phi) is 4.19. The molecule has 0 aliphatic carbocycles. The molecule has 6 heteroatoms. The number of nitrogens with zero attached hydrogens (tertiary/aromatic N) is 1. The summed E-state index contributed by atoms with van der Waals surface area (Å²) in [6.07, 6.45) is 1.05. The fourth-order valence-electron chi connectivity index (χ4n) is 2.08. The van der Waals surface area contributed by atoms with Gasteiger partial charge >= 0.3 is 0 Å². The number of anilines is 1. The SMILES string of the molecule is NC(=S)c1ccc(N2CCC(O)CC2)c(F)c1Br. The van der Waals surface area contributed by atoms with Crippen molar-refractivity contribution in [2.75, 3.05) is 18.0 Å². The van der Waals surface area contributed by atoms with Crippen LogP contribution in [0.5, 0.6) is 0 Å². The molecule has 0 bridgehead atoms. The van der Waals surface area contributed by atoms with E-state index in [1.807, 2.05) is 4.90 Å². The Bertz CT molecular complexity index is 475. The molecule has 3 nitrogen and oxygen atoms in total. The molecule has 0 spiro atoms. The van der Waals surface area contributed by atoms with E-state index < -0.39 is 0 Å². The van der Waals surface area contributed by atoms with Crippen molar-refractivity contribution in [1.82, 2.24) is 0 Å². The van der Waals surface area contributed by atoms with Crippen molar-refractivity contribution in [2.24, 2.45) is 5.73 Å². The van der Waals surface area contributed by atoms with Crippen LogP contribution in [0.3, 0.4) is 0 Å². The van der Waals surface area contributed by atoms with E-state index in [0.717, 1.165) is 0 Å². The van der Waals surface area contributed by atoms with Crippen molar-refractivity contribution in [3.63, 3.8) is 0 Å². The topological polar surface area (TPSA) is 49.5 Å². The van der Waals surface area contributed by atoms with Gasteiger partial charge in [0, 0.05) is 18.7 Å². The van der Waals surface area contributed by atoms with Crippen molar-refractivity contribution in [1.29, 1.82) is 0 Å². The van der Waals surface area contributed by atoms with E-state index in [2.05, 4.69) is 15.9 Å². The number of hydrogen-bond acceptors (Lipinski definition) is 3. The van der Waals surface area contributed by atoms with Crippen molar-refractivity contribution in [2.45, 2.75) is 18.9 Å². The second kappa shape index (κ2) is 5.50. The van der Waals surface area contributed by atoms with Gasteiger partial charge in [-0.05, 0) is 40.9 Å². The maximum atomic E-state index is 14.2. The minimum atomic E-state index is -0.350. The molecule has 98 valence electrons. The highest BCUT2D eigenvalue weighted by Gasteiger charge is 2.22. The molecule has 0 atom stereocenters. The first-order valence-electron chi connectivity index (χ1n) is 5.71. The van der Waals surface area contributed by atoms with E-state index in [-0.39, 0.29) is 16.9 Å². The lowest BCUT2D eigenvalue weighted by Gasteiger charge is -2.32. The molecule has 0 aromatic heterocycles. The van der Waals surface area contributed by atoms with Crippen molar-refractivity contribution < 1.29 is 9.50 Å². The van der Waals surface area contributed by atoms with Gasteiger partial charge in [0.15, 0.2) is 5.82 Å². The van der Waals surface area contributed by atoms with Gasteiger partial charge < -0.3 is 15.7 Å². The molecule has 1 aromatic carbocycles. The fraction of sp³-hybridized carbons (Fsp3) is 0.417. The molecule has 1 fully saturated rings. The molecule has 0 amide bonds. The third kappa shape index (κ3) is 2.65. The lowest BCUT2D eigenvalue weighted by molar-refractivity contribution is 0.145. The number of piperidine rings is 1. The monoisotopic (exact) mass is 332 g/mol. The van der Waals surface area contributed by atoms with E-state index in [0.29, 0.717) is 41.7 Å². The maximum absolute atomic E-state index is 14.2. The van der Waals surface area contributed by atoms with Crippen LogP contribution >= 0.6 is 28.1 Å². The van der Waals surface area contributed by atoms with Crippen LogP contribution in [0.4, 0.5) is 10.1 Å². The van der Waals surface area contributed by atoms with Gasteiger partial charge in [0.1, 0.15) is 4.99 Å². The van der Waals surface area contributed by atoms with Crippen LogP contribution in [0.2, 0.25) is 0 Å². The number of halogens is 2. The Hall–Kier alpha value is -0.720. The van der Waals surface area contributed by atoms with Gasteiger partial charge in [-0.3, -0.25) is 0 Å². The van der Waals surface area contributed by atoms with Crippen molar-refractivity contribution >= 4 is 38.8 Å². The molecule has 0 saturated carbocycles. The number of thiocarbonyl (C=S) groups is 1. The van der Waals surface area contributed by atoms with Gasteiger partial charge in [0.25, 0.3) is 0 Å². The molecule has 1 saturated heterocycles. The van der Waals surface area contributed by atoms with Gasteiger partial charge in [-0.1, -0.05) is 12.2 Å². The largest absolute Gasteiger partial charge is 0.393 e. The smallest absolute Gasteiger partial charge is 0.161 e. The summed E-state index contributed by atoms with van der Waals surface area (Å²) >= 11 is 8.05. The molecule has 18 heavy (non-hydrogen) atoms. The fourth-order valence-corrected chi connectivity index (χ4v) is 2.93. The predicted molar refractivity (Wildman–Crippen MR) is 77.4 cm³/mol. The summed E-state index contributed by atoms with van der Waals surface area (Å²) in [5.41, 5.74) is 6.54. The molecule has 3 N–H and O–H groups in total. The predicted octanol–water partition coefficient (Wildman–Crippen LogP) is 2.18. The first-order valence-corrected chi connectivity index (χ1v) is 6.91. The van der Waals surface area contributed by atoms with Crippen LogP contribution in [-0.4, -0.2) is 29.3 Å². The Morgan fingerprint density at radius 2 is 2.06 bits per heavy atom. The third-order valence-electron chi connectivity index (χ3n) is 3.13. The van der Waals surface area contributed by atoms with Crippen molar-refractivity contribution in [3.05, 3.63) is 28.0 Å². The molecule has 1 aromatic rings. The molecular formula is C12H14BrFN2OS. The summed E-state index contributed by atoms with van der Waals surface area (Å²) < 4.78 is 14.5. The minimum Gasteiger partial charge on any atom is -0.393 e. The number of aliphatic hydroxyl groups is 1. The molecule has 1 aliphatic heterocycles. The van der Waals surface area contributed by atoms with Crippen LogP contribution < -0.4 is 10.6 Å². The lowest BCUT2D eigenvalue weighted by Crippen LogP contribution is -2.36. The van der Waals surface area contributed by atoms with Gasteiger partial charge in [-0.15, -0.1) is 0 Å². The summed E-state index contributed by atoms with van der Waals surface area (Å²) in [5, 5.41) is 9.45. The average Bonchev–Trinajstić information content (AvgIpc) is 2.33. The van der Waals surface area contributed by atoms with Gasteiger partial charge in [0.2, 0.25) is 0 Å². The van der Waals surface area contributed by atoms with E-state index in [1.54, 1.807) is 12.1 Å². The number of nitrogens with two attached hydrogens (primary N) is 1. The molecular weight excluding hydrogens is 319 g/mol. The lowest BCUT2D eigenvalue weighted by atomic mass is 10.1. The summed E-state index contributed by atoms with van der Waals surface area (Å²) in [4.78, 5) is 2.09. The first-order chi connectivity index (χ1) is 8.50. The number of hydrogen-bond donors (Lipinski definition) is 2. The van der Waals surface area contributed by atoms with Gasteiger partial charge in [-0.25, -0.2) is 4.39 Å². The number of aliphatic hydroxyl groups excluding tert-OH is 1. The van der Waals surface area contributed by atoms with Crippen LogP contribution in [0.1, 0.15) is 18.4 Å². The van der Waals surface area contributed by atoms with Crippen LogP contribution in [0.25, 0.3) is 0 Å². The Morgan fingerprint density at radius 1 is 1.44 bits per heavy atom. The Balaban J connectivity index is 2.30. The van der Waals surface area contributed by atoms with Crippen LogP contribution in [-0.2, 0) is 0 Å². The van der Waals surface area contributed by atoms with E-state index >= 15 is 0 Å². The number of rotatable bonds is 2. The molecule has 0 unspecified atom stereocenters. The molecule has 0 radical (unpaired) electrons. The summed E-state index contributed by atoms with van der Waals surface area (Å²) in [5.74, 6) is -0.350. The minimum absolute atomic E-state index is 0.168. The summed E-state index contributed by atoms with van der Waals surface area (Å²) in [6.45, 7) is 1.30. The van der Waals surface area contributed by atoms with E-state index in [4.69, 9.17) is 18.0 Å². The van der Waals surface area contributed by atoms with Crippen LogP contribution in [0, 0.1) is 5.82 Å². The first kappa shape index (κ1) is 13.7. The van der Waals surface area contributed by atoms with Gasteiger partial charge in [-0.2, -0.15) is 0 Å². The summed E-state index contributed by atoms with van der Waals surface area (Å²) in [6, 6.07) is 3.40. The zero-order valence-corrected chi connectivity index (χ0v) is 12.1. The zero-order valence-electron chi connectivity index (χ0n) is 9.70. The third-order valence-corrected chi connectivity index (χ3v) is 4.13. The standard InChI is InChI=1S/C12H14BrFN2OS/c13-10-8(12(15)18)1-2-9(11(10)14)16-5-3-7(17)4-6-16/h1-2,7,17H,3-6H2,(H2,15,18). The van der Waals surface area contributed by atoms with E-state index in [1.165, 1.54) is 0 Å². The van der Waals surface area contributed by atoms with E-state index in [9.17, 15) is 9.50 Å². The molecule has 2 rings (SSSR count). The molecule has 1 aliphatic rings. The second-order valence-electron chi connectivity index (χ2n) is 4.34. The van der Waals surface area contributed by atoms with Crippen molar-refractivity contribution in [3.8, 4) is 0 Å². The molecule has 1 heterocycles. The second-order valence-corrected chi connectivity index (χ2v) is 5.58. The quantitative estimate of drug-likeness (QED) is 0.815. The highest BCUT2D eigenvalue weighted by Crippen LogP contribution is 2.31. The maximum Gasteiger partial charge on any atom is 0.161 e.